The standard InChI is InChI=1S/C19H16ClN3O3S/c1-11-3-6-13(7-4-11)23-18(25)14(17(24)22-19(23)27)10-21-12-5-8-16(26-2)15(20)9-12/h3-10,14H,1-2H3,(H,22,24,27)/t14-/m1/s1. The molecule has 138 valence electrons. The van der Waals surface area contributed by atoms with Crippen LogP contribution in [0.3, 0.4) is 0 Å². The normalized spacial score (nSPS) is 17.4. The lowest BCUT2D eigenvalue weighted by Gasteiger charge is -2.30. The van der Waals surface area contributed by atoms with Gasteiger partial charge in [0.2, 0.25) is 5.91 Å². The number of carbonyl (C=O) groups excluding carboxylic acids is 2. The van der Waals surface area contributed by atoms with Crippen molar-refractivity contribution < 1.29 is 14.3 Å². The summed E-state index contributed by atoms with van der Waals surface area (Å²) in [6.45, 7) is 1.94. The Bertz CT molecular complexity index is 944. The van der Waals surface area contributed by atoms with Crippen LogP contribution in [0.1, 0.15) is 5.56 Å². The summed E-state index contributed by atoms with van der Waals surface area (Å²) in [6.07, 6.45) is 1.29. The van der Waals surface area contributed by atoms with Gasteiger partial charge < -0.3 is 10.1 Å². The van der Waals surface area contributed by atoms with Gasteiger partial charge in [-0.1, -0.05) is 29.3 Å². The third-order valence-electron chi connectivity index (χ3n) is 4.00. The zero-order chi connectivity index (χ0) is 19.6. The Hall–Kier alpha value is -2.77. The van der Waals surface area contributed by atoms with Crippen molar-refractivity contribution in [3.8, 4) is 5.75 Å². The third kappa shape index (κ3) is 3.99. The SMILES string of the molecule is COc1ccc(N=C[C@@H]2C(=O)NC(=S)N(c3ccc(C)cc3)C2=O)cc1Cl. The number of ether oxygens (including phenoxy) is 1. The molecule has 6 nitrogen and oxygen atoms in total. The summed E-state index contributed by atoms with van der Waals surface area (Å²) in [4.78, 5) is 30.6. The van der Waals surface area contributed by atoms with E-state index in [1.54, 1.807) is 30.3 Å². The number of aliphatic imine (C=N–C) groups is 1. The number of amides is 2. The van der Waals surface area contributed by atoms with Crippen LogP contribution in [0.25, 0.3) is 0 Å². The van der Waals surface area contributed by atoms with E-state index in [4.69, 9.17) is 28.6 Å². The highest BCUT2D eigenvalue weighted by Gasteiger charge is 2.38. The third-order valence-corrected chi connectivity index (χ3v) is 4.58. The van der Waals surface area contributed by atoms with Gasteiger partial charge in [0.25, 0.3) is 5.91 Å². The Labute approximate surface area is 166 Å². The molecule has 0 bridgehead atoms. The van der Waals surface area contributed by atoms with E-state index < -0.39 is 17.7 Å². The van der Waals surface area contributed by atoms with Crippen LogP contribution in [0.15, 0.2) is 47.5 Å². The summed E-state index contributed by atoms with van der Waals surface area (Å²) >= 11 is 11.2. The number of benzene rings is 2. The Balaban J connectivity index is 1.87. The van der Waals surface area contributed by atoms with Crippen LogP contribution in [0.4, 0.5) is 11.4 Å². The second kappa shape index (κ2) is 7.85. The quantitative estimate of drug-likeness (QED) is 0.484. The van der Waals surface area contributed by atoms with Crippen LogP contribution in [-0.2, 0) is 9.59 Å². The van der Waals surface area contributed by atoms with Gasteiger partial charge in [-0.05, 0) is 49.5 Å². The molecule has 27 heavy (non-hydrogen) atoms. The first-order chi connectivity index (χ1) is 12.9. The molecule has 3 rings (SSSR count). The van der Waals surface area contributed by atoms with Gasteiger partial charge >= 0.3 is 0 Å². The second-order valence-electron chi connectivity index (χ2n) is 5.88. The molecule has 1 saturated heterocycles. The maximum atomic E-state index is 12.9. The maximum Gasteiger partial charge on any atom is 0.251 e. The summed E-state index contributed by atoms with van der Waals surface area (Å²) in [7, 11) is 1.51. The van der Waals surface area contributed by atoms with Gasteiger partial charge in [0.05, 0.1) is 23.5 Å². The summed E-state index contributed by atoms with van der Waals surface area (Å²) in [6, 6.07) is 12.2. The minimum atomic E-state index is -1.10. The minimum absolute atomic E-state index is 0.0472. The van der Waals surface area contributed by atoms with Crippen molar-refractivity contribution in [3.63, 3.8) is 0 Å². The number of hydrogen-bond donors (Lipinski definition) is 1. The number of thiocarbonyl (C=S) groups is 1. The van der Waals surface area contributed by atoms with Crippen molar-refractivity contribution in [2.24, 2.45) is 10.9 Å². The molecular weight excluding hydrogens is 386 g/mol. The molecule has 1 atom stereocenters. The molecule has 0 aliphatic carbocycles. The zero-order valence-corrected chi connectivity index (χ0v) is 16.2. The van der Waals surface area contributed by atoms with E-state index in [1.807, 2.05) is 19.1 Å². The van der Waals surface area contributed by atoms with Gasteiger partial charge in [-0.2, -0.15) is 0 Å². The average Bonchev–Trinajstić information content (AvgIpc) is 2.63. The highest BCUT2D eigenvalue weighted by molar-refractivity contribution is 7.80. The van der Waals surface area contributed by atoms with Crippen LogP contribution in [0.2, 0.25) is 5.02 Å². The first-order valence-corrected chi connectivity index (χ1v) is 8.82. The fraction of sp³-hybridized carbons (Fsp3) is 0.158. The molecule has 0 unspecified atom stereocenters. The molecule has 1 aliphatic heterocycles. The lowest BCUT2D eigenvalue weighted by molar-refractivity contribution is -0.130. The molecule has 1 N–H and O–H groups in total. The molecule has 2 aromatic carbocycles. The van der Waals surface area contributed by atoms with Gasteiger partial charge in [-0.25, -0.2) is 0 Å². The Morgan fingerprint density at radius 2 is 1.93 bits per heavy atom. The number of rotatable bonds is 4. The zero-order valence-electron chi connectivity index (χ0n) is 14.6. The van der Waals surface area contributed by atoms with Gasteiger partial charge in [0.1, 0.15) is 5.75 Å². The Kier molecular flexibility index (Phi) is 5.53. The number of carbonyl (C=O) groups is 2. The minimum Gasteiger partial charge on any atom is -0.495 e. The predicted molar refractivity (Wildman–Crippen MR) is 109 cm³/mol. The number of nitrogens with one attached hydrogen (secondary N) is 1. The molecule has 0 aromatic heterocycles. The molecule has 0 radical (unpaired) electrons. The molecule has 1 aliphatic rings. The first kappa shape index (κ1) is 19.0. The van der Waals surface area contributed by atoms with Crippen molar-refractivity contribution >= 4 is 58.3 Å². The number of hydrogen-bond acceptors (Lipinski definition) is 5. The summed E-state index contributed by atoms with van der Waals surface area (Å²) in [5.41, 5.74) is 2.13. The van der Waals surface area contributed by atoms with Crippen molar-refractivity contribution in [1.82, 2.24) is 5.32 Å². The van der Waals surface area contributed by atoms with Crippen molar-refractivity contribution in [2.75, 3.05) is 12.0 Å². The van der Waals surface area contributed by atoms with Crippen LogP contribution in [0, 0.1) is 12.8 Å². The molecule has 2 amide bonds. The van der Waals surface area contributed by atoms with E-state index >= 15 is 0 Å². The first-order valence-electron chi connectivity index (χ1n) is 8.04. The van der Waals surface area contributed by atoms with Crippen molar-refractivity contribution in [2.45, 2.75) is 6.92 Å². The predicted octanol–water partition coefficient (Wildman–Crippen LogP) is 3.42. The smallest absolute Gasteiger partial charge is 0.251 e. The number of nitrogens with zero attached hydrogens (tertiary/aromatic N) is 2. The molecule has 8 heteroatoms. The van der Waals surface area contributed by atoms with Gasteiger partial charge in [0, 0.05) is 6.21 Å². The van der Waals surface area contributed by atoms with E-state index in [2.05, 4.69) is 10.3 Å². The van der Waals surface area contributed by atoms with E-state index in [0.717, 1.165) is 5.56 Å². The van der Waals surface area contributed by atoms with Crippen molar-refractivity contribution in [3.05, 3.63) is 53.1 Å². The maximum absolute atomic E-state index is 12.9. The van der Waals surface area contributed by atoms with Crippen LogP contribution >= 0.6 is 23.8 Å². The van der Waals surface area contributed by atoms with E-state index in [9.17, 15) is 9.59 Å². The number of halogens is 1. The monoisotopic (exact) mass is 401 g/mol. The fourth-order valence-electron chi connectivity index (χ4n) is 2.56. The van der Waals surface area contributed by atoms with Crippen LogP contribution in [-0.4, -0.2) is 30.3 Å². The number of methoxy groups -OCH3 is 1. The second-order valence-corrected chi connectivity index (χ2v) is 6.67. The summed E-state index contributed by atoms with van der Waals surface area (Å²) < 4.78 is 5.09. The molecule has 0 spiro atoms. The lowest BCUT2D eigenvalue weighted by atomic mass is 10.1. The molecule has 0 saturated carbocycles. The summed E-state index contributed by atoms with van der Waals surface area (Å²) in [5.74, 6) is -1.57. The highest BCUT2D eigenvalue weighted by atomic mass is 35.5. The molecule has 1 heterocycles. The molecule has 2 aromatic rings. The fourth-order valence-corrected chi connectivity index (χ4v) is 3.10. The van der Waals surface area contributed by atoms with E-state index in [1.165, 1.54) is 18.2 Å². The average molecular weight is 402 g/mol. The molecular formula is C19H16ClN3O3S. The lowest BCUT2D eigenvalue weighted by Crippen LogP contribution is -2.58. The van der Waals surface area contributed by atoms with E-state index in [-0.39, 0.29) is 5.11 Å². The number of aryl methyl sites for hydroxylation is 1. The molecule has 1 fully saturated rings. The van der Waals surface area contributed by atoms with Crippen LogP contribution < -0.4 is 15.0 Å². The summed E-state index contributed by atoms with van der Waals surface area (Å²) in [5, 5.41) is 2.98. The van der Waals surface area contributed by atoms with Gasteiger partial charge in [-0.3, -0.25) is 19.5 Å². The van der Waals surface area contributed by atoms with E-state index in [0.29, 0.717) is 22.1 Å². The Morgan fingerprint density at radius 1 is 1.22 bits per heavy atom. The largest absolute Gasteiger partial charge is 0.495 e. The topological polar surface area (TPSA) is 71.0 Å². The highest BCUT2D eigenvalue weighted by Crippen LogP contribution is 2.29. The number of anilines is 1. The van der Waals surface area contributed by atoms with Gasteiger partial charge in [0.15, 0.2) is 11.0 Å². The van der Waals surface area contributed by atoms with Crippen molar-refractivity contribution in [1.29, 1.82) is 0 Å². The Morgan fingerprint density at radius 3 is 2.56 bits per heavy atom. The van der Waals surface area contributed by atoms with Crippen LogP contribution in [0.5, 0.6) is 5.75 Å². The van der Waals surface area contributed by atoms with Gasteiger partial charge in [-0.15, -0.1) is 0 Å².